The van der Waals surface area contributed by atoms with Gasteiger partial charge in [-0.25, -0.2) is 0 Å². The third-order valence-electron chi connectivity index (χ3n) is 1.71. The molecule has 0 aliphatic carbocycles. The Kier molecular flexibility index (Phi) is 3.62. The average molecular weight is 280 g/mol. The summed E-state index contributed by atoms with van der Waals surface area (Å²) in [4.78, 5) is -1.42. The van der Waals surface area contributed by atoms with Crippen molar-refractivity contribution >= 4 is 25.9 Å². The molecule has 2 N–H and O–H groups in total. The van der Waals surface area contributed by atoms with Crippen molar-refractivity contribution in [2.45, 2.75) is 9.79 Å². The first-order chi connectivity index (χ1) is 7.66. The summed E-state index contributed by atoms with van der Waals surface area (Å²) in [7, 11) is -7.96. The SMILES string of the molecule is CN=Nc1ccc(S(=O)(=O)O)cc1S(=O)(=O)O. The number of hydrogen-bond donors (Lipinski definition) is 2. The second kappa shape index (κ2) is 4.49. The summed E-state index contributed by atoms with van der Waals surface area (Å²) < 4.78 is 61.2. The third-order valence-corrected chi connectivity index (χ3v) is 3.45. The topological polar surface area (TPSA) is 133 Å². The molecule has 0 radical (unpaired) electrons. The molecule has 1 aromatic carbocycles. The monoisotopic (exact) mass is 280 g/mol. The number of hydrogen-bond acceptors (Lipinski definition) is 6. The summed E-state index contributed by atoms with van der Waals surface area (Å²) in [5.41, 5.74) is -0.234. The van der Waals surface area contributed by atoms with E-state index in [9.17, 15) is 16.8 Å². The second-order valence-corrected chi connectivity index (χ2v) is 5.69. The Morgan fingerprint density at radius 2 is 1.65 bits per heavy atom. The summed E-state index contributed by atoms with van der Waals surface area (Å²) in [6, 6.07) is 2.53. The van der Waals surface area contributed by atoms with Gasteiger partial charge >= 0.3 is 0 Å². The minimum Gasteiger partial charge on any atom is -0.282 e. The van der Waals surface area contributed by atoms with E-state index in [0.29, 0.717) is 6.07 Å². The Morgan fingerprint density at radius 1 is 1.06 bits per heavy atom. The van der Waals surface area contributed by atoms with Crippen LogP contribution in [0.25, 0.3) is 0 Å². The van der Waals surface area contributed by atoms with Crippen molar-refractivity contribution in [3.05, 3.63) is 18.2 Å². The van der Waals surface area contributed by atoms with Gasteiger partial charge in [0.1, 0.15) is 10.6 Å². The molecule has 17 heavy (non-hydrogen) atoms. The summed E-state index contributed by atoms with van der Waals surface area (Å²) in [5.74, 6) is 0. The van der Waals surface area contributed by atoms with Gasteiger partial charge in [-0.1, -0.05) is 0 Å². The van der Waals surface area contributed by atoms with E-state index in [1.807, 2.05) is 0 Å². The molecule has 0 spiro atoms. The van der Waals surface area contributed by atoms with E-state index in [1.165, 1.54) is 7.05 Å². The Bertz CT molecular complexity index is 662. The molecule has 0 fully saturated rings. The van der Waals surface area contributed by atoms with Gasteiger partial charge in [0.25, 0.3) is 20.2 Å². The minimum atomic E-state index is -4.67. The maximum atomic E-state index is 11.0. The smallest absolute Gasteiger partial charge is 0.282 e. The van der Waals surface area contributed by atoms with Crippen LogP contribution in [-0.2, 0) is 20.2 Å². The molecule has 0 aliphatic heterocycles. The normalized spacial score (nSPS) is 13.1. The Hall–Kier alpha value is -1.36. The predicted molar refractivity (Wildman–Crippen MR) is 56.5 cm³/mol. The lowest BCUT2D eigenvalue weighted by atomic mass is 10.3. The largest absolute Gasteiger partial charge is 0.296 e. The number of benzene rings is 1. The van der Waals surface area contributed by atoms with E-state index in [0.717, 1.165) is 12.1 Å². The van der Waals surface area contributed by atoms with Crippen molar-refractivity contribution in [1.82, 2.24) is 0 Å². The molecule has 0 amide bonds. The van der Waals surface area contributed by atoms with Crippen LogP contribution in [0.1, 0.15) is 0 Å². The van der Waals surface area contributed by atoms with Crippen LogP contribution in [0.15, 0.2) is 38.2 Å². The standard InChI is InChI=1S/C7H8N2O6S2/c1-8-9-6-3-2-5(16(10,11)12)4-7(6)17(13,14)15/h2-4H,1H3,(H,10,11,12)(H,13,14,15). The first-order valence-electron chi connectivity index (χ1n) is 4.05. The van der Waals surface area contributed by atoms with Crippen molar-refractivity contribution in [2.75, 3.05) is 7.05 Å². The molecule has 94 valence electrons. The highest BCUT2D eigenvalue weighted by Crippen LogP contribution is 2.27. The molecule has 1 rings (SSSR count). The van der Waals surface area contributed by atoms with Crippen LogP contribution in [0, 0.1) is 0 Å². The van der Waals surface area contributed by atoms with Crippen LogP contribution in [0.5, 0.6) is 0 Å². The van der Waals surface area contributed by atoms with E-state index in [2.05, 4.69) is 10.2 Å². The zero-order chi connectivity index (χ0) is 13.3. The van der Waals surface area contributed by atoms with Crippen LogP contribution in [0.2, 0.25) is 0 Å². The number of rotatable bonds is 3. The molecule has 0 aliphatic rings. The lowest BCUT2D eigenvalue weighted by Gasteiger charge is -2.03. The van der Waals surface area contributed by atoms with Gasteiger partial charge in [0.2, 0.25) is 0 Å². The molecule has 0 unspecified atom stereocenters. The van der Waals surface area contributed by atoms with E-state index < -0.39 is 30.0 Å². The molecule has 0 aromatic heterocycles. The van der Waals surface area contributed by atoms with E-state index in [-0.39, 0.29) is 5.69 Å². The molecular formula is C7H8N2O6S2. The van der Waals surface area contributed by atoms with Crippen molar-refractivity contribution in [3.8, 4) is 0 Å². The molecule has 0 saturated carbocycles. The first-order valence-corrected chi connectivity index (χ1v) is 6.93. The van der Waals surface area contributed by atoms with Gasteiger partial charge in [0, 0.05) is 7.05 Å². The maximum absolute atomic E-state index is 11.0. The lowest BCUT2D eigenvalue weighted by molar-refractivity contribution is 0.481. The summed E-state index contributed by atoms with van der Waals surface area (Å²) in [6.45, 7) is 0. The van der Waals surface area contributed by atoms with Crippen LogP contribution < -0.4 is 0 Å². The fourth-order valence-corrected chi connectivity index (χ4v) is 2.28. The summed E-state index contributed by atoms with van der Waals surface area (Å²) in [6.07, 6.45) is 0. The second-order valence-electron chi connectivity index (χ2n) is 2.88. The maximum Gasteiger partial charge on any atom is 0.296 e. The van der Waals surface area contributed by atoms with Crippen molar-refractivity contribution in [2.24, 2.45) is 10.2 Å². The lowest BCUT2D eigenvalue weighted by Crippen LogP contribution is -2.03. The predicted octanol–water partition coefficient (Wildman–Crippen LogP) is 0.894. The molecule has 1 aromatic rings. The molecule has 0 bridgehead atoms. The van der Waals surface area contributed by atoms with Gasteiger partial charge in [0.15, 0.2) is 0 Å². The minimum absolute atomic E-state index is 0.234. The van der Waals surface area contributed by atoms with Gasteiger partial charge in [-0.05, 0) is 18.2 Å². The highest BCUT2D eigenvalue weighted by molar-refractivity contribution is 7.86. The first kappa shape index (κ1) is 13.7. The van der Waals surface area contributed by atoms with Crippen molar-refractivity contribution in [1.29, 1.82) is 0 Å². The highest BCUT2D eigenvalue weighted by Gasteiger charge is 2.20. The quantitative estimate of drug-likeness (QED) is 0.624. The molecule has 10 heteroatoms. The van der Waals surface area contributed by atoms with Gasteiger partial charge in [-0.3, -0.25) is 9.11 Å². The zero-order valence-corrected chi connectivity index (χ0v) is 10.1. The van der Waals surface area contributed by atoms with E-state index in [1.54, 1.807) is 0 Å². The average Bonchev–Trinajstić information content (AvgIpc) is 2.15. The number of azo groups is 1. The van der Waals surface area contributed by atoms with Crippen molar-refractivity contribution in [3.63, 3.8) is 0 Å². The van der Waals surface area contributed by atoms with Gasteiger partial charge in [-0.15, -0.1) is 0 Å². The molecule has 0 heterocycles. The molecule has 8 nitrogen and oxygen atoms in total. The molecule has 0 saturated heterocycles. The fraction of sp³-hybridized carbons (Fsp3) is 0.143. The zero-order valence-electron chi connectivity index (χ0n) is 8.47. The van der Waals surface area contributed by atoms with Gasteiger partial charge in [-0.2, -0.15) is 27.1 Å². The molecule has 0 atom stereocenters. The van der Waals surface area contributed by atoms with Crippen LogP contribution in [0.4, 0.5) is 5.69 Å². The Labute approximate surface area is 97.5 Å². The van der Waals surface area contributed by atoms with Crippen LogP contribution in [-0.4, -0.2) is 33.0 Å². The Morgan fingerprint density at radius 3 is 2.06 bits per heavy atom. The van der Waals surface area contributed by atoms with Crippen LogP contribution >= 0.6 is 0 Å². The summed E-state index contributed by atoms with van der Waals surface area (Å²) >= 11 is 0. The fourth-order valence-electron chi connectivity index (χ4n) is 1.05. The van der Waals surface area contributed by atoms with Gasteiger partial charge in [0.05, 0.1) is 4.90 Å². The van der Waals surface area contributed by atoms with E-state index in [4.69, 9.17) is 9.11 Å². The number of nitrogens with zero attached hydrogens (tertiary/aromatic N) is 2. The third kappa shape index (κ3) is 3.30. The summed E-state index contributed by atoms with van der Waals surface area (Å²) in [5, 5.41) is 6.72. The highest BCUT2D eigenvalue weighted by atomic mass is 32.2. The Balaban J connectivity index is 3.63. The molecular weight excluding hydrogens is 272 g/mol. The van der Waals surface area contributed by atoms with E-state index >= 15 is 0 Å². The van der Waals surface area contributed by atoms with Crippen LogP contribution in [0.3, 0.4) is 0 Å². The van der Waals surface area contributed by atoms with Gasteiger partial charge < -0.3 is 0 Å². The van der Waals surface area contributed by atoms with Crippen molar-refractivity contribution < 1.29 is 25.9 Å².